The molecule has 4 rings (SSSR count). The molecule has 1 amide bonds. The number of carbonyl (C=O) groups is 1. The van der Waals surface area contributed by atoms with E-state index in [2.05, 4.69) is 4.90 Å². The zero-order chi connectivity index (χ0) is 19.0. The van der Waals surface area contributed by atoms with Gasteiger partial charge >= 0.3 is 0 Å². The zero-order valence-electron chi connectivity index (χ0n) is 16.1. The van der Waals surface area contributed by atoms with E-state index in [9.17, 15) is 13.2 Å². The lowest BCUT2D eigenvalue weighted by Gasteiger charge is -2.37. The lowest BCUT2D eigenvalue weighted by atomic mass is 10.0. The van der Waals surface area contributed by atoms with Crippen molar-refractivity contribution in [2.75, 3.05) is 37.6 Å². The second kappa shape index (κ2) is 7.53. The van der Waals surface area contributed by atoms with Crippen LogP contribution in [0.1, 0.15) is 44.6 Å². The summed E-state index contributed by atoms with van der Waals surface area (Å²) in [4.78, 5) is 16.4. The van der Waals surface area contributed by atoms with E-state index in [1.54, 1.807) is 34.3 Å². The predicted molar refractivity (Wildman–Crippen MR) is 105 cm³/mol. The van der Waals surface area contributed by atoms with E-state index in [-0.39, 0.29) is 5.91 Å². The Morgan fingerprint density at radius 2 is 1.70 bits per heavy atom. The van der Waals surface area contributed by atoms with Crippen molar-refractivity contribution >= 4 is 21.6 Å². The van der Waals surface area contributed by atoms with Crippen LogP contribution < -0.4 is 4.90 Å². The third kappa shape index (κ3) is 3.65. The third-order valence-corrected chi connectivity index (χ3v) is 8.20. The molecule has 0 N–H and O–H groups in total. The van der Waals surface area contributed by atoms with Crippen molar-refractivity contribution in [3.8, 4) is 0 Å². The molecule has 2 aliphatic heterocycles. The van der Waals surface area contributed by atoms with Crippen LogP contribution in [-0.4, -0.2) is 62.3 Å². The maximum Gasteiger partial charge on any atom is 0.243 e. The molecule has 7 heteroatoms. The van der Waals surface area contributed by atoms with Gasteiger partial charge in [-0.15, -0.1) is 0 Å². The van der Waals surface area contributed by atoms with Gasteiger partial charge in [0.15, 0.2) is 0 Å². The van der Waals surface area contributed by atoms with E-state index >= 15 is 0 Å². The van der Waals surface area contributed by atoms with Gasteiger partial charge in [0.2, 0.25) is 15.9 Å². The second-order valence-corrected chi connectivity index (χ2v) is 9.88. The summed E-state index contributed by atoms with van der Waals surface area (Å²) in [5.41, 5.74) is 1.82. The number of piperazine rings is 1. The van der Waals surface area contributed by atoms with Gasteiger partial charge in [0.05, 0.1) is 4.90 Å². The fourth-order valence-corrected chi connectivity index (χ4v) is 6.26. The van der Waals surface area contributed by atoms with Crippen LogP contribution >= 0.6 is 0 Å². The average Bonchev–Trinajstić information content (AvgIpc) is 3.22. The summed E-state index contributed by atoms with van der Waals surface area (Å²) in [7, 11) is -3.48. The van der Waals surface area contributed by atoms with Crippen molar-refractivity contribution in [1.29, 1.82) is 0 Å². The number of amides is 1. The van der Waals surface area contributed by atoms with Crippen LogP contribution in [-0.2, 0) is 21.2 Å². The maximum atomic E-state index is 13.1. The number of aryl methyl sites for hydroxylation is 1. The number of fused-ring (bicyclic) bond motifs is 1. The van der Waals surface area contributed by atoms with Crippen molar-refractivity contribution in [2.24, 2.45) is 0 Å². The topological polar surface area (TPSA) is 60.9 Å². The summed E-state index contributed by atoms with van der Waals surface area (Å²) >= 11 is 0. The molecule has 148 valence electrons. The minimum absolute atomic E-state index is 0.00888. The van der Waals surface area contributed by atoms with Gasteiger partial charge in [0, 0.05) is 51.4 Å². The van der Waals surface area contributed by atoms with E-state index in [1.807, 2.05) is 0 Å². The zero-order valence-corrected chi connectivity index (χ0v) is 16.9. The van der Waals surface area contributed by atoms with E-state index in [1.165, 1.54) is 25.7 Å². The molecule has 0 bridgehead atoms. The Bertz CT molecular complexity index is 810. The Morgan fingerprint density at radius 1 is 1.00 bits per heavy atom. The molecule has 2 fully saturated rings. The van der Waals surface area contributed by atoms with Crippen molar-refractivity contribution in [3.05, 3.63) is 23.8 Å². The Balaban J connectivity index is 1.50. The van der Waals surface area contributed by atoms with Gasteiger partial charge in [0.25, 0.3) is 0 Å². The van der Waals surface area contributed by atoms with E-state index in [4.69, 9.17) is 0 Å². The van der Waals surface area contributed by atoms with Crippen molar-refractivity contribution in [2.45, 2.75) is 56.4 Å². The molecule has 3 aliphatic rings. The van der Waals surface area contributed by atoms with E-state index < -0.39 is 10.0 Å². The first-order chi connectivity index (χ1) is 13.0. The third-order valence-electron chi connectivity index (χ3n) is 6.30. The molecule has 0 spiro atoms. The Labute approximate surface area is 162 Å². The molecule has 1 aliphatic carbocycles. The highest BCUT2D eigenvalue weighted by Gasteiger charge is 2.32. The quantitative estimate of drug-likeness (QED) is 0.793. The molecular weight excluding hydrogens is 362 g/mol. The van der Waals surface area contributed by atoms with Crippen molar-refractivity contribution in [1.82, 2.24) is 9.21 Å². The van der Waals surface area contributed by atoms with E-state index in [0.717, 1.165) is 37.2 Å². The fraction of sp³-hybridized carbons (Fsp3) is 0.650. The summed E-state index contributed by atoms with van der Waals surface area (Å²) in [6, 6.07) is 5.90. The normalized spacial score (nSPS) is 22.8. The van der Waals surface area contributed by atoms with Gasteiger partial charge < -0.3 is 4.90 Å². The first-order valence-corrected chi connectivity index (χ1v) is 11.6. The number of anilines is 1. The predicted octanol–water partition coefficient (Wildman–Crippen LogP) is 2.23. The Hall–Kier alpha value is -1.44. The number of hydrogen-bond donors (Lipinski definition) is 0. The second-order valence-electron chi connectivity index (χ2n) is 7.94. The smallest absolute Gasteiger partial charge is 0.243 e. The van der Waals surface area contributed by atoms with Gasteiger partial charge in [-0.05, 0) is 49.4 Å². The molecule has 1 aromatic carbocycles. The molecule has 2 heterocycles. The van der Waals surface area contributed by atoms with Crippen molar-refractivity contribution in [3.63, 3.8) is 0 Å². The number of nitrogens with zero attached hydrogens (tertiary/aromatic N) is 3. The van der Waals surface area contributed by atoms with Crippen LogP contribution in [0.5, 0.6) is 0 Å². The average molecular weight is 392 g/mol. The number of sulfonamides is 1. The standard InChI is InChI=1S/C20H29N3O3S/c1-16(24)23-10-4-5-17-15-19(8-9-20(17)23)27(25,26)22-13-11-21(12-14-22)18-6-2-3-7-18/h8-9,15,18H,2-7,10-14H2,1H3. The Kier molecular flexibility index (Phi) is 5.27. The van der Waals surface area contributed by atoms with Crippen LogP contribution in [0.4, 0.5) is 5.69 Å². The largest absolute Gasteiger partial charge is 0.312 e. The van der Waals surface area contributed by atoms with Crippen LogP contribution in [0.15, 0.2) is 23.1 Å². The molecule has 0 atom stereocenters. The molecule has 6 nitrogen and oxygen atoms in total. The molecule has 0 aromatic heterocycles. The molecule has 0 radical (unpaired) electrons. The van der Waals surface area contributed by atoms with Gasteiger partial charge in [-0.1, -0.05) is 12.8 Å². The van der Waals surface area contributed by atoms with Crippen molar-refractivity contribution < 1.29 is 13.2 Å². The summed E-state index contributed by atoms with van der Waals surface area (Å²) < 4.78 is 27.9. The highest BCUT2D eigenvalue weighted by Crippen LogP contribution is 2.31. The Morgan fingerprint density at radius 3 is 2.37 bits per heavy atom. The monoisotopic (exact) mass is 391 g/mol. The molecule has 0 unspecified atom stereocenters. The molecule has 27 heavy (non-hydrogen) atoms. The first kappa shape index (κ1) is 18.9. The highest BCUT2D eigenvalue weighted by molar-refractivity contribution is 7.89. The van der Waals surface area contributed by atoms with Gasteiger partial charge in [-0.2, -0.15) is 4.31 Å². The van der Waals surface area contributed by atoms with Gasteiger partial charge in [-0.3, -0.25) is 9.69 Å². The van der Waals surface area contributed by atoms with Gasteiger partial charge in [0.1, 0.15) is 0 Å². The minimum atomic E-state index is -3.48. The van der Waals surface area contributed by atoms with Crippen LogP contribution in [0, 0.1) is 0 Å². The van der Waals surface area contributed by atoms with Gasteiger partial charge in [-0.25, -0.2) is 8.42 Å². The lowest BCUT2D eigenvalue weighted by molar-refractivity contribution is -0.116. The maximum absolute atomic E-state index is 13.1. The van der Waals surface area contributed by atoms with Crippen LogP contribution in [0.3, 0.4) is 0 Å². The number of carbonyl (C=O) groups excluding carboxylic acids is 1. The summed E-state index contributed by atoms with van der Waals surface area (Å²) in [5.74, 6) is 0.00888. The van der Waals surface area contributed by atoms with Crippen LogP contribution in [0.25, 0.3) is 0 Å². The molecule has 1 saturated carbocycles. The highest BCUT2D eigenvalue weighted by atomic mass is 32.2. The summed E-state index contributed by atoms with van der Waals surface area (Å²) in [6.45, 7) is 5.05. The molecule has 1 aromatic rings. The summed E-state index contributed by atoms with van der Waals surface area (Å²) in [6.07, 6.45) is 6.80. The summed E-state index contributed by atoms with van der Waals surface area (Å²) in [5, 5.41) is 0. The lowest BCUT2D eigenvalue weighted by Crippen LogP contribution is -2.51. The van der Waals surface area contributed by atoms with Crippen LogP contribution in [0.2, 0.25) is 0 Å². The van der Waals surface area contributed by atoms with E-state index in [0.29, 0.717) is 30.6 Å². The SMILES string of the molecule is CC(=O)N1CCCc2cc(S(=O)(=O)N3CCN(C4CCCC4)CC3)ccc21. The number of benzene rings is 1. The number of hydrogen-bond acceptors (Lipinski definition) is 4. The molecule has 1 saturated heterocycles. The number of rotatable bonds is 3. The fourth-order valence-electron chi connectivity index (χ4n) is 4.79. The minimum Gasteiger partial charge on any atom is -0.312 e. The first-order valence-electron chi connectivity index (χ1n) is 10.1. The molecular formula is C20H29N3O3S.